The van der Waals surface area contributed by atoms with E-state index in [1.54, 1.807) is 29.2 Å². The highest BCUT2D eigenvalue weighted by molar-refractivity contribution is 5.42. The number of benzene rings is 1. The van der Waals surface area contributed by atoms with Crippen LogP contribution in [0.4, 0.5) is 0 Å². The topological polar surface area (TPSA) is 97.0 Å². The summed E-state index contributed by atoms with van der Waals surface area (Å²) in [6.07, 6.45) is -0.764. The van der Waals surface area contributed by atoms with E-state index >= 15 is 0 Å². The largest absolute Gasteiger partial charge is 0.489 e. The Morgan fingerprint density at radius 3 is 2.45 bits per heavy atom. The SMILES string of the molecule is N#Cc1ccccc1OCC(O)CN(CCO)CCO. The van der Waals surface area contributed by atoms with Crippen LogP contribution in [-0.4, -0.2) is 65.8 Å². The van der Waals surface area contributed by atoms with Gasteiger partial charge in [0.2, 0.25) is 0 Å². The molecule has 6 heteroatoms. The summed E-state index contributed by atoms with van der Waals surface area (Å²) < 4.78 is 5.42. The lowest BCUT2D eigenvalue weighted by Gasteiger charge is -2.23. The first-order chi connectivity index (χ1) is 9.71. The third-order valence-corrected chi connectivity index (χ3v) is 2.74. The van der Waals surface area contributed by atoms with Gasteiger partial charge < -0.3 is 20.1 Å². The van der Waals surface area contributed by atoms with E-state index in [2.05, 4.69) is 0 Å². The van der Waals surface area contributed by atoms with Crippen molar-refractivity contribution in [2.45, 2.75) is 6.10 Å². The first kappa shape index (κ1) is 16.4. The van der Waals surface area contributed by atoms with E-state index in [9.17, 15) is 5.11 Å². The Labute approximate surface area is 118 Å². The maximum atomic E-state index is 9.88. The first-order valence-electron chi connectivity index (χ1n) is 6.45. The molecular weight excluding hydrogens is 260 g/mol. The Morgan fingerprint density at radius 2 is 1.85 bits per heavy atom. The van der Waals surface area contributed by atoms with Crippen LogP contribution in [0.3, 0.4) is 0 Å². The number of rotatable bonds is 9. The first-order valence-corrected chi connectivity index (χ1v) is 6.45. The van der Waals surface area contributed by atoms with Gasteiger partial charge in [-0.1, -0.05) is 12.1 Å². The Bertz CT molecular complexity index is 427. The molecule has 0 amide bonds. The van der Waals surface area contributed by atoms with Gasteiger partial charge in [0.15, 0.2) is 0 Å². The molecular formula is C14H20N2O4. The smallest absolute Gasteiger partial charge is 0.137 e. The quantitative estimate of drug-likeness (QED) is 0.569. The molecule has 0 aromatic heterocycles. The van der Waals surface area contributed by atoms with Crippen molar-refractivity contribution in [3.8, 4) is 11.8 Å². The highest BCUT2D eigenvalue weighted by Crippen LogP contribution is 2.16. The summed E-state index contributed by atoms with van der Waals surface area (Å²) in [5.74, 6) is 0.435. The van der Waals surface area contributed by atoms with Crippen LogP contribution in [0.2, 0.25) is 0 Å². The van der Waals surface area contributed by atoms with Gasteiger partial charge in [-0.15, -0.1) is 0 Å². The highest BCUT2D eigenvalue weighted by atomic mass is 16.5. The summed E-state index contributed by atoms with van der Waals surface area (Å²) in [6.45, 7) is 1.02. The molecule has 1 aromatic rings. The van der Waals surface area contributed by atoms with Gasteiger partial charge in [-0.05, 0) is 12.1 Å². The second kappa shape index (κ2) is 9.28. The van der Waals surface area contributed by atoms with Gasteiger partial charge in [0.1, 0.15) is 24.5 Å². The van der Waals surface area contributed by atoms with Gasteiger partial charge in [0.05, 0.1) is 18.8 Å². The summed E-state index contributed by atoms with van der Waals surface area (Å²) in [5.41, 5.74) is 0.419. The van der Waals surface area contributed by atoms with Crippen LogP contribution in [0.1, 0.15) is 5.56 Å². The molecule has 3 N–H and O–H groups in total. The molecule has 6 nitrogen and oxygen atoms in total. The van der Waals surface area contributed by atoms with E-state index in [4.69, 9.17) is 20.2 Å². The summed E-state index contributed by atoms with van der Waals surface area (Å²) in [7, 11) is 0. The zero-order valence-corrected chi connectivity index (χ0v) is 11.3. The van der Waals surface area contributed by atoms with Crippen molar-refractivity contribution in [2.75, 3.05) is 39.5 Å². The lowest BCUT2D eigenvalue weighted by molar-refractivity contribution is 0.0551. The Hall–Kier alpha value is -1.65. The molecule has 0 spiro atoms. The molecule has 0 radical (unpaired) electrons. The molecule has 0 aliphatic carbocycles. The van der Waals surface area contributed by atoms with Crippen LogP contribution in [0.5, 0.6) is 5.75 Å². The van der Waals surface area contributed by atoms with Gasteiger partial charge >= 0.3 is 0 Å². The van der Waals surface area contributed by atoms with Crippen molar-refractivity contribution < 1.29 is 20.1 Å². The number of para-hydroxylation sites is 1. The third-order valence-electron chi connectivity index (χ3n) is 2.74. The maximum Gasteiger partial charge on any atom is 0.137 e. The van der Waals surface area contributed by atoms with Gasteiger partial charge in [0.25, 0.3) is 0 Å². The average molecular weight is 280 g/mol. The van der Waals surface area contributed by atoms with Gasteiger partial charge in [0, 0.05) is 19.6 Å². The fraction of sp³-hybridized carbons (Fsp3) is 0.500. The van der Waals surface area contributed by atoms with Crippen molar-refractivity contribution in [3.05, 3.63) is 29.8 Å². The second-order valence-electron chi connectivity index (χ2n) is 4.32. The molecule has 0 aliphatic rings. The fourth-order valence-electron chi connectivity index (χ4n) is 1.80. The number of nitrogens with zero attached hydrogens (tertiary/aromatic N) is 2. The van der Waals surface area contributed by atoms with Gasteiger partial charge in [-0.3, -0.25) is 4.90 Å². The van der Waals surface area contributed by atoms with Crippen molar-refractivity contribution in [3.63, 3.8) is 0 Å². The minimum Gasteiger partial charge on any atom is -0.489 e. The van der Waals surface area contributed by atoms with Crippen molar-refractivity contribution in [1.82, 2.24) is 4.90 Å². The number of hydrogen-bond donors (Lipinski definition) is 3. The minimum atomic E-state index is -0.764. The number of aliphatic hydroxyl groups excluding tert-OH is 3. The predicted molar refractivity (Wildman–Crippen MR) is 73.3 cm³/mol. The normalized spacial score (nSPS) is 12.2. The van der Waals surface area contributed by atoms with E-state index in [1.165, 1.54) is 0 Å². The van der Waals surface area contributed by atoms with Crippen LogP contribution >= 0.6 is 0 Å². The van der Waals surface area contributed by atoms with E-state index in [0.717, 1.165) is 0 Å². The predicted octanol–water partition coefficient (Wildman–Crippen LogP) is -0.415. The molecule has 1 aromatic carbocycles. The van der Waals surface area contributed by atoms with Crippen LogP contribution in [0.25, 0.3) is 0 Å². The third kappa shape index (κ3) is 5.55. The number of nitriles is 1. The van der Waals surface area contributed by atoms with E-state index in [-0.39, 0.29) is 26.4 Å². The molecule has 0 aliphatic heterocycles. The molecule has 1 rings (SSSR count). The van der Waals surface area contributed by atoms with Crippen LogP contribution in [0, 0.1) is 11.3 Å². The second-order valence-corrected chi connectivity index (χ2v) is 4.32. The van der Waals surface area contributed by atoms with Gasteiger partial charge in [-0.2, -0.15) is 5.26 Å². The molecule has 0 fully saturated rings. The minimum absolute atomic E-state index is 0.0369. The van der Waals surface area contributed by atoms with E-state index in [1.807, 2.05) is 6.07 Å². The Kier molecular flexibility index (Phi) is 7.62. The number of ether oxygens (including phenoxy) is 1. The zero-order valence-electron chi connectivity index (χ0n) is 11.3. The molecule has 110 valence electrons. The van der Waals surface area contributed by atoms with Gasteiger partial charge in [-0.25, -0.2) is 0 Å². The summed E-state index contributed by atoms with van der Waals surface area (Å²) >= 11 is 0. The Balaban J connectivity index is 2.46. The monoisotopic (exact) mass is 280 g/mol. The summed E-state index contributed by atoms with van der Waals surface area (Å²) in [4.78, 5) is 1.74. The number of hydrogen-bond acceptors (Lipinski definition) is 6. The molecule has 1 unspecified atom stereocenters. The fourth-order valence-corrected chi connectivity index (χ4v) is 1.80. The average Bonchev–Trinajstić information content (AvgIpc) is 2.46. The standard InChI is InChI=1S/C14H20N2O4/c15-9-12-3-1-2-4-14(12)20-11-13(19)10-16(5-7-17)6-8-18/h1-4,13,17-19H,5-8,10-11H2. The van der Waals surface area contributed by atoms with Crippen LogP contribution < -0.4 is 4.74 Å². The van der Waals surface area contributed by atoms with Crippen LogP contribution in [0.15, 0.2) is 24.3 Å². The Morgan fingerprint density at radius 1 is 1.20 bits per heavy atom. The molecule has 0 bridgehead atoms. The van der Waals surface area contributed by atoms with Crippen molar-refractivity contribution >= 4 is 0 Å². The molecule has 0 saturated heterocycles. The highest BCUT2D eigenvalue weighted by Gasteiger charge is 2.12. The van der Waals surface area contributed by atoms with E-state index in [0.29, 0.717) is 24.4 Å². The molecule has 0 saturated carbocycles. The lowest BCUT2D eigenvalue weighted by atomic mass is 10.2. The number of aliphatic hydroxyl groups is 3. The lowest BCUT2D eigenvalue weighted by Crippen LogP contribution is -2.38. The summed E-state index contributed by atoms with van der Waals surface area (Å²) in [5, 5.41) is 36.6. The summed E-state index contributed by atoms with van der Waals surface area (Å²) in [6, 6.07) is 8.83. The van der Waals surface area contributed by atoms with Crippen molar-refractivity contribution in [1.29, 1.82) is 5.26 Å². The van der Waals surface area contributed by atoms with Crippen molar-refractivity contribution in [2.24, 2.45) is 0 Å². The molecule has 1 atom stereocenters. The molecule has 20 heavy (non-hydrogen) atoms. The zero-order chi connectivity index (χ0) is 14.8. The molecule has 0 heterocycles. The van der Waals surface area contributed by atoms with E-state index < -0.39 is 6.10 Å². The van der Waals surface area contributed by atoms with Crippen LogP contribution in [-0.2, 0) is 0 Å². The maximum absolute atomic E-state index is 9.88.